The first-order chi connectivity index (χ1) is 15.5. The molecule has 0 saturated carbocycles. The number of halogens is 2. The Balaban J connectivity index is 2.44. The van der Waals surface area contributed by atoms with E-state index in [4.69, 9.17) is 11.6 Å². The number of carbonyl (C=O) groups excluding carboxylic acids is 2. The summed E-state index contributed by atoms with van der Waals surface area (Å²) in [5.74, 6) is -0.762. The summed E-state index contributed by atoms with van der Waals surface area (Å²) in [6.07, 6.45) is 1.43. The van der Waals surface area contributed by atoms with Gasteiger partial charge in [0.25, 0.3) is 0 Å². The number of carbonyl (C=O) groups is 2. The maximum absolute atomic E-state index is 13.5. The topological polar surface area (TPSA) is 86.8 Å². The summed E-state index contributed by atoms with van der Waals surface area (Å²) >= 11 is 9.39. The molecule has 0 spiro atoms. The Morgan fingerprint density at radius 1 is 1.12 bits per heavy atom. The van der Waals surface area contributed by atoms with Gasteiger partial charge in [0.1, 0.15) is 12.6 Å². The van der Waals surface area contributed by atoms with Crippen LogP contribution in [0.3, 0.4) is 0 Å². The standard InChI is InChI=1S/C23H29BrClN3O4S/c1-5-21(23(30)26-6-2)27(14-17-7-9-18(25)10-8-17)22(29)15-28(33(4,31)32)19-11-12-20(24)16(3)13-19/h7-13,21H,5-6,14-15H2,1-4H3,(H,26,30)/t21-/m0/s1. The summed E-state index contributed by atoms with van der Waals surface area (Å²) in [5, 5.41) is 3.32. The summed E-state index contributed by atoms with van der Waals surface area (Å²) < 4.78 is 27.1. The van der Waals surface area contributed by atoms with Crippen LogP contribution >= 0.6 is 27.5 Å². The van der Waals surface area contributed by atoms with E-state index in [2.05, 4.69) is 21.2 Å². The molecule has 0 aromatic heterocycles. The Bertz CT molecular complexity index is 1090. The number of amides is 2. The molecule has 10 heteroatoms. The number of nitrogens with one attached hydrogen (secondary N) is 1. The maximum Gasteiger partial charge on any atom is 0.244 e. The minimum atomic E-state index is -3.76. The van der Waals surface area contributed by atoms with Gasteiger partial charge in [-0.2, -0.15) is 0 Å². The van der Waals surface area contributed by atoms with Crippen molar-refractivity contribution in [1.29, 1.82) is 0 Å². The van der Waals surface area contributed by atoms with Crippen LogP contribution in [0.4, 0.5) is 5.69 Å². The third-order valence-electron chi connectivity index (χ3n) is 5.11. The molecule has 1 N–H and O–H groups in total. The number of hydrogen-bond acceptors (Lipinski definition) is 4. The quantitative estimate of drug-likeness (QED) is 0.475. The van der Waals surface area contributed by atoms with Crippen LogP contribution in [0.5, 0.6) is 0 Å². The van der Waals surface area contributed by atoms with Crippen molar-refractivity contribution in [1.82, 2.24) is 10.2 Å². The van der Waals surface area contributed by atoms with Gasteiger partial charge in [0.05, 0.1) is 11.9 Å². The molecule has 180 valence electrons. The first-order valence-electron chi connectivity index (χ1n) is 10.5. The molecular weight excluding hydrogens is 530 g/mol. The Morgan fingerprint density at radius 3 is 2.27 bits per heavy atom. The molecule has 2 aromatic rings. The van der Waals surface area contributed by atoms with Crippen LogP contribution in [0, 0.1) is 6.92 Å². The molecule has 1 atom stereocenters. The number of hydrogen-bond donors (Lipinski definition) is 1. The van der Waals surface area contributed by atoms with E-state index in [0.29, 0.717) is 23.7 Å². The molecule has 2 rings (SSSR count). The predicted molar refractivity (Wildman–Crippen MR) is 136 cm³/mol. The van der Waals surface area contributed by atoms with Crippen molar-refractivity contribution in [3.63, 3.8) is 0 Å². The number of likely N-dealkylation sites (N-methyl/N-ethyl adjacent to an activating group) is 1. The zero-order valence-corrected chi connectivity index (χ0v) is 22.3. The smallest absolute Gasteiger partial charge is 0.244 e. The second-order valence-corrected chi connectivity index (χ2v) is 10.9. The van der Waals surface area contributed by atoms with Crippen LogP contribution in [0.1, 0.15) is 31.4 Å². The molecule has 0 aliphatic carbocycles. The summed E-state index contributed by atoms with van der Waals surface area (Å²) in [6.45, 7) is 5.59. The van der Waals surface area contributed by atoms with Gasteiger partial charge in [-0.15, -0.1) is 0 Å². The van der Waals surface area contributed by atoms with E-state index in [1.165, 1.54) is 4.90 Å². The number of anilines is 1. The fourth-order valence-corrected chi connectivity index (χ4v) is 4.61. The first-order valence-corrected chi connectivity index (χ1v) is 13.5. The molecule has 33 heavy (non-hydrogen) atoms. The second kappa shape index (κ2) is 11.9. The summed E-state index contributed by atoms with van der Waals surface area (Å²) in [6, 6.07) is 11.3. The lowest BCUT2D eigenvalue weighted by molar-refractivity contribution is -0.140. The summed E-state index contributed by atoms with van der Waals surface area (Å²) in [4.78, 5) is 27.7. The van der Waals surface area contributed by atoms with E-state index in [1.807, 2.05) is 13.8 Å². The number of sulfonamides is 1. The van der Waals surface area contributed by atoms with Crippen molar-refractivity contribution in [3.05, 3.63) is 63.1 Å². The largest absolute Gasteiger partial charge is 0.355 e. The normalized spacial score (nSPS) is 12.2. The lowest BCUT2D eigenvalue weighted by atomic mass is 10.1. The van der Waals surface area contributed by atoms with Crippen LogP contribution in [-0.2, 0) is 26.2 Å². The molecule has 0 fully saturated rings. The summed E-state index contributed by atoms with van der Waals surface area (Å²) in [7, 11) is -3.76. The minimum absolute atomic E-state index is 0.141. The molecule has 0 aliphatic heterocycles. The molecule has 0 radical (unpaired) electrons. The lowest BCUT2D eigenvalue weighted by Crippen LogP contribution is -2.52. The Kier molecular flexibility index (Phi) is 9.75. The monoisotopic (exact) mass is 557 g/mol. The zero-order valence-electron chi connectivity index (χ0n) is 19.1. The van der Waals surface area contributed by atoms with Crippen LogP contribution in [-0.4, -0.2) is 50.5 Å². The van der Waals surface area contributed by atoms with Gasteiger partial charge < -0.3 is 10.2 Å². The van der Waals surface area contributed by atoms with Gasteiger partial charge in [-0.05, 0) is 61.7 Å². The molecule has 2 amide bonds. The fourth-order valence-electron chi connectivity index (χ4n) is 3.40. The van der Waals surface area contributed by atoms with Crippen LogP contribution in [0.15, 0.2) is 46.9 Å². The highest BCUT2D eigenvalue weighted by atomic mass is 79.9. The SMILES string of the molecule is CCNC(=O)[C@H](CC)N(Cc1ccc(Cl)cc1)C(=O)CN(c1ccc(Br)c(C)c1)S(C)(=O)=O. The van der Waals surface area contributed by atoms with Gasteiger partial charge in [-0.3, -0.25) is 13.9 Å². The third-order valence-corrected chi connectivity index (χ3v) is 7.39. The van der Waals surface area contributed by atoms with E-state index in [9.17, 15) is 18.0 Å². The van der Waals surface area contributed by atoms with Gasteiger partial charge in [-0.25, -0.2) is 8.42 Å². The lowest BCUT2D eigenvalue weighted by Gasteiger charge is -2.33. The molecule has 0 saturated heterocycles. The molecule has 0 heterocycles. The van der Waals surface area contributed by atoms with E-state index in [-0.39, 0.29) is 12.5 Å². The predicted octanol–water partition coefficient (Wildman–Crippen LogP) is 4.12. The van der Waals surface area contributed by atoms with E-state index in [0.717, 1.165) is 26.2 Å². The highest BCUT2D eigenvalue weighted by molar-refractivity contribution is 9.10. The van der Waals surface area contributed by atoms with Crippen molar-refractivity contribution in [2.45, 2.75) is 39.8 Å². The molecule has 2 aromatic carbocycles. The fraction of sp³-hybridized carbons (Fsp3) is 0.391. The van der Waals surface area contributed by atoms with Crippen molar-refractivity contribution < 1.29 is 18.0 Å². The molecule has 0 unspecified atom stereocenters. The zero-order chi connectivity index (χ0) is 24.8. The van der Waals surface area contributed by atoms with Crippen molar-refractivity contribution in [3.8, 4) is 0 Å². The summed E-state index contributed by atoms with van der Waals surface area (Å²) in [5.41, 5.74) is 1.99. The Morgan fingerprint density at radius 2 is 1.76 bits per heavy atom. The molecular formula is C23H29BrClN3O4S. The van der Waals surface area contributed by atoms with Gasteiger partial charge in [0, 0.05) is 22.6 Å². The molecule has 7 nitrogen and oxygen atoms in total. The van der Waals surface area contributed by atoms with E-state index >= 15 is 0 Å². The number of benzene rings is 2. The molecule has 0 bridgehead atoms. The van der Waals surface area contributed by atoms with Crippen molar-refractivity contribution in [2.24, 2.45) is 0 Å². The first kappa shape index (κ1) is 27.1. The average Bonchev–Trinajstić information content (AvgIpc) is 2.74. The number of aryl methyl sites for hydroxylation is 1. The van der Waals surface area contributed by atoms with Crippen LogP contribution in [0.25, 0.3) is 0 Å². The van der Waals surface area contributed by atoms with Crippen LogP contribution < -0.4 is 9.62 Å². The van der Waals surface area contributed by atoms with Gasteiger partial charge >= 0.3 is 0 Å². The average molecular weight is 559 g/mol. The van der Waals surface area contributed by atoms with E-state index < -0.39 is 28.5 Å². The third kappa shape index (κ3) is 7.45. The Hall–Kier alpha value is -2.10. The number of rotatable bonds is 10. The Labute approximate surface area is 209 Å². The highest BCUT2D eigenvalue weighted by Crippen LogP contribution is 2.25. The van der Waals surface area contributed by atoms with E-state index in [1.54, 1.807) is 49.4 Å². The van der Waals surface area contributed by atoms with Crippen molar-refractivity contribution in [2.75, 3.05) is 23.7 Å². The van der Waals surface area contributed by atoms with Gasteiger partial charge in [0.15, 0.2) is 0 Å². The van der Waals surface area contributed by atoms with Crippen molar-refractivity contribution >= 4 is 55.1 Å². The van der Waals surface area contributed by atoms with Crippen LogP contribution in [0.2, 0.25) is 5.02 Å². The molecule has 0 aliphatic rings. The highest BCUT2D eigenvalue weighted by Gasteiger charge is 2.31. The second-order valence-electron chi connectivity index (χ2n) is 7.67. The minimum Gasteiger partial charge on any atom is -0.355 e. The maximum atomic E-state index is 13.5. The van der Waals surface area contributed by atoms with Gasteiger partial charge in [-0.1, -0.05) is 46.6 Å². The van der Waals surface area contributed by atoms with Gasteiger partial charge in [0.2, 0.25) is 21.8 Å². The number of nitrogens with zero attached hydrogens (tertiary/aromatic N) is 2.